The molecule has 0 unspecified atom stereocenters. The van der Waals surface area contributed by atoms with Gasteiger partial charge in [0.25, 0.3) is 0 Å². The third-order valence-corrected chi connectivity index (χ3v) is 6.03. The van der Waals surface area contributed by atoms with E-state index in [-0.39, 0.29) is 12.1 Å². The van der Waals surface area contributed by atoms with Gasteiger partial charge in [0.2, 0.25) is 12.1 Å². The van der Waals surface area contributed by atoms with Gasteiger partial charge in [-0.2, -0.15) is 4.98 Å². The minimum absolute atomic E-state index is 0.264. The number of anilines is 2. The highest BCUT2D eigenvalue weighted by Crippen LogP contribution is 2.40. The predicted octanol–water partition coefficient (Wildman–Crippen LogP) is 5.09. The number of ether oxygens (including phenoxy) is 2. The molecule has 0 saturated carbocycles. The molecule has 128 valence electrons. The van der Waals surface area contributed by atoms with Crippen molar-refractivity contribution in [2.45, 2.75) is 32.1 Å². The molecule has 2 aromatic heterocycles. The summed E-state index contributed by atoms with van der Waals surface area (Å²) >= 11 is 7.93. The number of nitrogens with one attached hydrogen (secondary N) is 1. The van der Waals surface area contributed by atoms with Crippen LogP contribution >= 0.6 is 22.9 Å². The van der Waals surface area contributed by atoms with Crippen LogP contribution in [0.15, 0.2) is 18.2 Å². The first-order valence-electron chi connectivity index (χ1n) is 8.42. The highest BCUT2D eigenvalue weighted by Gasteiger charge is 2.21. The number of benzene rings is 1. The average Bonchev–Trinajstić information content (AvgIpc) is 3.12. The van der Waals surface area contributed by atoms with Crippen molar-refractivity contribution in [3.05, 3.63) is 33.9 Å². The van der Waals surface area contributed by atoms with E-state index in [1.165, 1.54) is 29.7 Å². The van der Waals surface area contributed by atoms with E-state index in [1.807, 2.05) is 18.2 Å². The highest BCUT2D eigenvalue weighted by atomic mass is 35.5. The number of fused-ring (bicyclic) bond motifs is 4. The number of halogens is 1. The summed E-state index contributed by atoms with van der Waals surface area (Å²) in [5.41, 5.74) is 2.28. The van der Waals surface area contributed by atoms with E-state index in [0.29, 0.717) is 0 Å². The summed E-state index contributed by atoms with van der Waals surface area (Å²) in [5.74, 6) is 2.28. The molecule has 0 spiro atoms. The first-order chi connectivity index (χ1) is 12.3. The van der Waals surface area contributed by atoms with E-state index in [9.17, 15) is 0 Å². The van der Waals surface area contributed by atoms with E-state index in [0.717, 1.165) is 46.1 Å². The van der Waals surface area contributed by atoms with Crippen molar-refractivity contribution >= 4 is 44.7 Å². The molecular formula is C18H16ClN3O2S. The van der Waals surface area contributed by atoms with Crippen LogP contribution in [0.4, 0.5) is 11.5 Å². The number of rotatable bonds is 2. The molecule has 1 N–H and O–H groups in total. The van der Waals surface area contributed by atoms with Gasteiger partial charge in [-0.1, -0.05) is 6.42 Å². The van der Waals surface area contributed by atoms with Crippen LogP contribution in [0.3, 0.4) is 0 Å². The predicted molar refractivity (Wildman–Crippen MR) is 99.5 cm³/mol. The Labute approximate surface area is 154 Å². The second-order valence-electron chi connectivity index (χ2n) is 6.28. The second-order valence-corrected chi connectivity index (χ2v) is 7.70. The zero-order valence-electron chi connectivity index (χ0n) is 13.5. The van der Waals surface area contributed by atoms with Crippen molar-refractivity contribution in [2.24, 2.45) is 0 Å². The number of aryl methyl sites for hydroxylation is 2. The maximum absolute atomic E-state index is 6.18. The number of nitrogens with zero attached hydrogens (tertiary/aromatic N) is 2. The summed E-state index contributed by atoms with van der Waals surface area (Å²) in [4.78, 5) is 11.3. The molecule has 7 heteroatoms. The van der Waals surface area contributed by atoms with Crippen molar-refractivity contribution in [3.63, 3.8) is 0 Å². The molecule has 25 heavy (non-hydrogen) atoms. The van der Waals surface area contributed by atoms with E-state index in [1.54, 1.807) is 11.3 Å². The first kappa shape index (κ1) is 15.2. The lowest BCUT2D eigenvalue weighted by atomic mass is 10.1. The maximum atomic E-state index is 6.18. The molecule has 3 aromatic rings. The second kappa shape index (κ2) is 6.04. The Kier molecular flexibility index (Phi) is 3.68. The summed E-state index contributed by atoms with van der Waals surface area (Å²) in [6.45, 7) is 0.264. The van der Waals surface area contributed by atoms with Crippen molar-refractivity contribution < 1.29 is 9.47 Å². The molecule has 0 fully saturated rings. The normalized spacial score (nSPS) is 15.9. The van der Waals surface area contributed by atoms with Gasteiger partial charge in [-0.05, 0) is 55.0 Å². The fourth-order valence-electron chi connectivity index (χ4n) is 3.51. The standard InChI is InChI=1S/C18H16ClN3O2S/c19-18-21-16(20-10-6-7-12-13(8-10)24-9-23-12)15-11-4-2-1-3-5-14(11)25-17(15)22-18/h6-8H,1-5,9H2,(H,20,21,22). The summed E-state index contributed by atoms with van der Waals surface area (Å²) in [6.07, 6.45) is 5.94. The largest absolute Gasteiger partial charge is 0.454 e. The molecule has 0 bridgehead atoms. The lowest BCUT2D eigenvalue weighted by molar-refractivity contribution is 0.174. The first-order valence-corrected chi connectivity index (χ1v) is 9.62. The van der Waals surface area contributed by atoms with Gasteiger partial charge in [0, 0.05) is 16.6 Å². The molecule has 3 heterocycles. The number of hydrogen-bond acceptors (Lipinski definition) is 6. The molecule has 1 aliphatic carbocycles. The molecular weight excluding hydrogens is 358 g/mol. The Morgan fingerprint density at radius 3 is 2.88 bits per heavy atom. The molecule has 0 atom stereocenters. The average molecular weight is 374 g/mol. The smallest absolute Gasteiger partial charge is 0.231 e. The van der Waals surface area contributed by atoms with Crippen LogP contribution in [-0.4, -0.2) is 16.8 Å². The van der Waals surface area contributed by atoms with Crippen LogP contribution in [0.5, 0.6) is 11.5 Å². The summed E-state index contributed by atoms with van der Waals surface area (Å²) in [5, 5.41) is 4.79. The van der Waals surface area contributed by atoms with Crippen molar-refractivity contribution in [2.75, 3.05) is 12.1 Å². The van der Waals surface area contributed by atoms with Crippen molar-refractivity contribution in [3.8, 4) is 11.5 Å². The molecule has 5 rings (SSSR count). The van der Waals surface area contributed by atoms with Crippen molar-refractivity contribution in [1.82, 2.24) is 9.97 Å². The van der Waals surface area contributed by atoms with Crippen LogP contribution in [0.25, 0.3) is 10.2 Å². The molecule has 0 radical (unpaired) electrons. The number of thiophene rings is 1. The van der Waals surface area contributed by atoms with E-state index >= 15 is 0 Å². The zero-order chi connectivity index (χ0) is 16.8. The molecule has 1 aliphatic heterocycles. The Bertz CT molecular complexity index is 973. The maximum Gasteiger partial charge on any atom is 0.231 e. The molecule has 1 aromatic carbocycles. The van der Waals surface area contributed by atoms with Crippen LogP contribution < -0.4 is 14.8 Å². The van der Waals surface area contributed by atoms with Crippen LogP contribution in [0, 0.1) is 0 Å². The van der Waals surface area contributed by atoms with Crippen LogP contribution in [0.2, 0.25) is 5.28 Å². The Morgan fingerprint density at radius 1 is 1.04 bits per heavy atom. The van der Waals surface area contributed by atoms with Gasteiger partial charge in [0.1, 0.15) is 10.6 Å². The Balaban J connectivity index is 1.61. The minimum atomic E-state index is 0.264. The third kappa shape index (κ3) is 2.69. The monoisotopic (exact) mass is 373 g/mol. The molecule has 0 amide bonds. The summed E-state index contributed by atoms with van der Waals surface area (Å²) in [6, 6.07) is 5.79. The van der Waals surface area contributed by atoms with Gasteiger partial charge >= 0.3 is 0 Å². The third-order valence-electron chi connectivity index (χ3n) is 4.67. The van der Waals surface area contributed by atoms with E-state index in [4.69, 9.17) is 21.1 Å². The number of hydrogen-bond donors (Lipinski definition) is 1. The number of aromatic nitrogens is 2. The zero-order valence-corrected chi connectivity index (χ0v) is 15.0. The van der Waals surface area contributed by atoms with E-state index in [2.05, 4.69) is 15.3 Å². The van der Waals surface area contributed by atoms with Crippen LogP contribution in [0.1, 0.15) is 29.7 Å². The lowest BCUT2D eigenvalue weighted by Gasteiger charge is -2.09. The Morgan fingerprint density at radius 2 is 1.92 bits per heavy atom. The summed E-state index contributed by atoms with van der Waals surface area (Å²) < 4.78 is 10.8. The van der Waals surface area contributed by atoms with Crippen molar-refractivity contribution in [1.29, 1.82) is 0 Å². The Hall–Kier alpha value is -2.05. The summed E-state index contributed by atoms with van der Waals surface area (Å²) in [7, 11) is 0. The molecule has 0 saturated heterocycles. The quantitative estimate of drug-likeness (QED) is 0.501. The van der Waals surface area contributed by atoms with Gasteiger partial charge in [-0.15, -0.1) is 11.3 Å². The lowest BCUT2D eigenvalue weighted by Crippen LogP contribution is -1.98. The molecule has 5 nitrogen and oxygen atoms in total. The van der Waals surface area contributed by atoms with E-state index < -0.39 is 0 Å². The molecule has 2 aliphatic rings. The van der Waals surface area contributed by atoms with Gasteiger partial charge in [0.05, 0.1) is 5.39 Å². The van der Waals surface area contributed by atoms with Crippen LogP contribution in [-0.2, 0) is 12.8 Å². The fraction of sp³-hybridized carbons (Fsp3) is 0.333. The van der Waals surface area contributed by atoms with Gasteiger partial charge in [-0.25, -0.2) is 4.98 Å². The SMILES string of the molecule is Clc1nc(Nc2ccc3c(c2)OCO3)c2c3c(sc2n1)CCCCC3. The fourth-order valence-corrected chi connectivity index (χ4v) is 4.99. The van der Waals surface area contributed by atoms with Gasteiger partial charge in [0.15, 0.2) is 11.5 Å². The highest BCUT2D eigenvalue weighted by molar-refractivity contribution is 7.19. The van der Waals surface area contributed by atoms with Gasteiger partial charge < -0.3 is 14.8 Å². The van der Waals surface area contributed by atoms with Gasteiger partial charge in [-0.3, -0.25) is 0 Å². The minimum Gasteiger partial charge on any atom is -0.454 e. The topological polar surface area (TPSA) is 56.3 Å².